The van der Waals surface area contributed by atoms with E-state index in [1.165, 1.54) is 5.56 Å². The van der Waals surface area contributed by atoms with Crippen LogP contribution in [-0.2, 0) is 6.42 Å². The van der Waals surface area contributed by atoms with Crippen molar-refractivity contribution >= 4 is 0 Å². The summed E-state index contributed by atoms with van der Waals surface area (Å²) in [5.74, 6) is 0.484. The van der Waals surface area contributed by atoms with Crippen molar-refractivity contribution < 1.29 is 5.11 Å². The number of hydrogen-bond donors (Lipinski definition) is 1. The molecule has 1 aliphatic rings. The Morgan fingerprint density at radius 3 is 2.50 bits per heavy atom. The summed E-state index contributed by atoms with van der Waals surface area (Å²) in [6.45, 7) is 2.10. The molecule has 0 saturated heterocycles. The quantitative estimate of drug-likeness (QED) is 0.705. The van der Waals surface area contributed by atoms with E-state index in [2.05, 4.69) is 19.1 Å². The fraction of sp³-hybridized carbons (Fsp3) is 0.455. The Bertz CT molecular complexity index is 268. The van der Waals surface area contributed by atoms with Gasteiger partial charge in [-0.15, -0.1) is 0 Å². The van der Waals surface area contributed by atoms with Crippen LogP contribution in [0.5, 0.6) is 0 Å². The lowest BCUT2D eigenvalue weighted by Crippen LogP contribution is -2.13. The largest absolute Gasteiger partial charge is 0.389 e. The molecule has 0 heterocycles. The molecule has 2 rings (SSSR count). The van der Waals surface area contributed by atoms with Gasteiger partial charge in [-0.2, -0.15) is 0 Å². The maximum atomic E-state index is 9.85. The maximum Gasteiger partial charge on any atom is 0.0718 e. The van der Waals surface area contributed by atoms with E-state index in [1.54, 1.807) is 0 Å². The van der Waals surface area contributed by atoms with Crippen LogP contribution in [0.1, 0.15) is 18.9 Å². The van der Waals surface area contributed by atoms with Crippen molar-refractivity contribution in [2.45, 2.75) is 25.4 Å². The predicted molar refractivity (Wildman–Crippen MR) is 48.9 cm³/mol. The molecule has 1 aromatic rings. The lowest BCUT2D eigenvalue weighted by molar-refractivity contribution is 0.135. The zero-order valence-corrected chi connectivity index (χ0v) is 7.33. The fourth-order valence-corrected chi connectivity index (χ4v) is 1.67. The van der Waals surface area contributed by atoms with Crippen molar-refractivity contribution in [3.63, 3.8) is 0 Å². The molecule has 0 bridgehead atoms. The van der Waals surface area contributed by atoms with Crippen LogP contribution in [-0.4, -0.2) is 10.7 Å². The highest BCUT2D eigenvalue weighted by molar-refractivity contribution is 5.20. The Kier molecular flexibility index (Phi) is 1.69. The summed E-state index contributed by atoms with van der Waals surface area (Å²) in [5.41, 5.74) is 0.853. The van der Waals surface area contributed by atoms with Crippen LogP contribution in [0.3, 0.4) is 0 Å². The van der Waals surface area contributed by atoms with Gasteiger partial charge < -0.3 is 5.11 Å². The highest BCUT2D eigenvalue weighted by Gasteiger charge is 2.49. The molecule has 64 valence electrons. The van der Waals surface area contributed by atoms with Gasteiger partial charge in [-0.3, -0.25) is 0 Å². The molecule has 0 aliphatic heterocycles. The first-order valence-corrected chi connectivity index (χ1v) is 4.47. The van der Waals surface area contributed by atoms with Gasteiger partial charge in [0.2, 0.25) is 0 Å². The van der Waals surface area contributed by atoms with E-state index in [4.69, 9.17) is 0 Å². The van der Waals surface area contributed by atoms with E-state index in [-0.39, 0.29) is 5.60 Å². The molecule has 0 amide bonds. The summed E-state index contributed by atoms with van der Waals surface area (Å²) in [4.78, 5) is 0. The van der Waals surface area contributed by atoms with Gasteiger partial charge >= 0.3 is 0 Å². The third kappa shape index (κ3) is 1.37. The monoisotopic (exact) mass is 162 g/mol. The smallest absolute Gasteiger partial charge is 0.0718 e. The minimum Gasteiger partial charge on any atom is -0.389 e. The van der Waals surface area contributed by atoms with Crippen molar-refractivity contribution in [3.8, 4) is 0 Å². The van der Waals surface area contributed by atoms with Crippen LogP contribution < -0.4 is 0 Å². The molecule has 1 fully saturated rings. The summed E-state index contributed by atoms with van der Waals surface area (Å²) < 4.78 is 0. The average Bonchev–Trinajstić information content (AvgIpc) is 2.61. The molecule has 1 aliphatic carbocycles. The van der Waals surface area contributed by atoms with Crippen molar-refractivity contribution in [1.82, 2.24) is 0 Å². The maximum absolute atomic E-state index is 9.85. The number of benzene rings is 1. The van der Waals surface area contributed by atoms with E-state index < -0.39 is 0 Å². The molecule has 0 spiro atoms. The van der Waals surface area contributed by atoms with Gasteiger partial charge in [-0.05, 0) is 17.9 Å². The van der Waals surface area contributed by atoms with Gasteiger partial charge in [0.1, 0.15) is 0 Å². The molecular formula is C11H14O. The second-order valence-corrected chi connectivity index (χ2v) is 3.87. The summed E-state index contributed by atoms with van der Waals surface area (Å²) >= 11 is 0. The Labute approximate surface area is 73.0 Å². The highest BCUT2D eigenvalue weighted by atomic mass is 16.3. The molecule has 0 aromatic heterocycles. The van der Waals surface area contributed by atoms with Gasteiger partial charge in [0, 0.05) is 6.42 Å². The van der Waals surface area contributed by atoms with Crippen LogP contribution in [0.15, 0.2) is 30.3 Å². The molecule has 2 atom stereocenters. The molecule has 1 N–H and O–H groups in total. The van der Waals surface area contributed by atoms with Crippen LogP contribution in [0.25, 0.3) is 0 Å². The molecular weight excluding hydrogens is 148 g/mol. The minimum atomic E-state index is -0.388. The number of rotatable bonds is 2. The number of hydrogen-bond acceptors (Lipinski definition) is 1. The van der Waals surface area contributed by atoms with Crippen LogP contribution in [0, 0.1) is 5.92 Å². The van der Waals surface area contributed by atoms with E-state index in [0.29, 0.717) is 5.92 Å². The van der Waals surface area contributed by atoms with Gasteiger partial charge in [0.25, 0.3) is 0 Å². The Hall–Kier alpha value is -0.820. The topological polar surface area (TPSA) is 20.2 Å². The molecule has 1 heteroatoms. The molecule has 12 heavy (non-hydrogen) atoms. The summed E-state index contributed by atoms with van der Waals surface area (Å²) in [7, 11) is 0. The van der Waals surface area contributed by atoms with E-state index in [1.807, 2.05) is 18.2 Å². The molecule has 1 saturated carbocycles. The first-order chi connectivity index (χ1) is 5.71. The lowest BCUT2D eigenvalue weighted by Gasteiger charge is -2.07. The van der Waals surface area contributed by atoms with Crippen LogP contribution >= 0.6 is 0 Å². The second-order valence-electron chi connectivity index (χ2n) is 3.87. The average molecular weight is 162 g/mol. The van der Waals surface area contributed by atoms with Gasteiger partial charge in [-0.25, -0.2) is 0 Å². The SMILES string of the molecule is CC1CC1(O)Cc1ccccc1. The Balaban J connectivity index is 2.06. The van der Waals surface area contributed by atoms with Gasteiger partial charge in [-0.1, -0.05) is 37.3 Å². The summed E-state index contributed by atoms with van der Waals surface area (Å²) in [6, 6.07) is 10.2. The van der Waals surface area contributed by atoms with Crippen LogP contribution in [0.2, 0.25) is 0 Å². The van der Waals surface area contributed by atoms with Gasteiger partial charge in [0.05, 0.1) is 5.60 Å². The second kappa shape index (κ2) is 2.60. The lowest BCUT2D eigenvalue weighted by atomic mass is 10.1. The zero-order valence-electron chi connectivity index (χ0n) is 7.33. The zero-order chi connectivity index (χ0) is 8.60. The third-order valence-corrected chi connectivity index (χ3v) is 2.77. The molecule has 1 aromatic carbocycles. The first-order valence-electron chi connectivity index (χ1n) is 4.47. The highest BCUT2D eigenvalue weighted by Crippen LogP contribution is 2.45. The molecule has 2 unspecified atom stereocenters. The van der Waals surface area contributed by atoms with Gasteiger partial charge in [0.15, 0.2) is 0 Å². The van der Waals surface area contributed by atoms with Crippen molar-refractivity contribution in [2.24, 2.45) is 5.92 Å². The number of aliphatic hydroxyl groups is 1. The van der Waals surface area contributed by atoms with Crippen molar-refractivity contribution in [1.29, 1.82) is 0 Å². The molecule has 0 radical (unpaired) electrons. The fourth-order valence-electron chi connectivity index (χ4n) is 1.67. The normalized spacial score (nSPS) is 33.3. The Morgan fingerprint density at radius 2 is 2.00 bits per heavy atom. The summed E-state index contributed by atoms with van der Waals surface area (Å²) in [5, 5.41) is 9.85. The minimum absolute atomic E-state index is 0.388. The van der Waals surface area contributed by atoms with Crippen molar-refractivity contribution in [3.05, 3.63) is 35.9 Å². The van der Waals surface area contributed by atoms with Crippen molar-refractivity contribution in [2.75, 3.05) is 0 Å². The first kappa shape index (κ1) is 7.81. The molecule has 1 nitrogen and oxygen atoms in total. The predicted octanol–water partition coefficient (Wildman–Crippen LogP) is 2.00. The third-order valence-electron chi connectivity index (χ3n) is 2.77. The Morgan fingerprint density at radius 1 is 1.42 bits per heavy atom. The van der Waals surface area contributed by atoms with E-state index in [0.717, 1.165) is 12.8 Å². The van der Waals surface area contributed by atoms with E-state index >= 15 is 0 Å². The van der Waals surface area contributed by atoms with Crippen LogP contribution in [0.4, 0.5) is 0 Å². The summed E-state index contributed by atoms with van der Waals surface area (Å²) in [6.07, 6.45) is 1.77. The standard InChI is InChI=1S/C11H14O/c1-9-7-11(9,12)8-10-5-3-2-4-6-10/h2-6,9,12H,7-8H2,1H3. The van der Waals surface area contributed by atoms with E-state index in [9.17, 15) is 5.11 Å².